The van der Waals surface area contributed by atoms with Gasteiger partial charge in [-0.15, -0.1) is 0 Å². The van der Waals surface area contributed by atoms with Crippen molar-refractivity contribution in [1.82, 2.24) is 10.3 Å². The third-order valence-corrected chi connectivity index (χ3v) is 3.45. The summed E-state index contributed by atoms with van der Waals surface area (Å²) in [6.45, 7) is 0. The molecule has 1 saturated carbocycles. The average Bonchev–Trinajstić information content (AvgIpc) is 2.62. The van der Waals surface area contributed by atoms with Gasteiger partial charge >= 0.3 is 5.97 Å². The van der Waals surface area contributed by atoms with Gasteiger partial charge in [0.1, 0.15) is 0 Å². The van der Waals surface area contributed by atoms with Gasteiger partial charge in [-0.25, -0.2) is 0 Å². The molecule has 1 aromatic heterocycles. The van der Waals surface area contributed by atoms with Crippen LogP contribution in [0.2, 0.25) is 0 Å². The summed E-state index contributed by atoms with van der Waals surface area (Å²) in [5.41, 5.74) is 0.346. The second-order valence-electron chi connectivity index (χ2n) is 4.16. The summed E-state index contributed by atoms with van der Waals surface area (Å²) in [5.74, 6) is -0.692. The van der Waals surface area contributed by atoms with E-state index in [-0.39, 0.29) is 6.04 Å². The highest BCUT2D eigenvalue weighted by atomic mass is 16.4. The van der Waals surface area contributed by atoms with Crippen LogP contribution in [-0.2, 0) is 4.79 Å². The van der Waals surface area contributed by atoms with Gasteiger partial charge in [-0.2, -0.15) is 0 Å². The largest absolute Gasteiger partial charge is 0.481 e. The zero-order valence-electron chi connectivity index (χ0n) is 8.79. The number of hydrogen-bond acceptors (Lipinski definition) is 2. The van der Waals surface area contributed by atoms with E-state index in [4.69, 9.17) is 0 Å². The highest BCUT2D eigenvalue weighted by molar-refractivity contribution is 5.77. The molecule has 1 fully saturated rings. The number of carbonyl (C=O) groups is 1. The molecule has 82 valence electrons. The predicted octanol–water partition coefficient (Wildman–Crippen LogP) is 1.53. The van der Waals surface area contributed by atoms with Crippen molar-refractivity contribution in [2.24, 2.45) is 5.41 Å². The van der Waals surface area contributed by atoms with E-state index in [1.54, 1.807) is 0 Å². The molecule has 0 aromatic carbocycles. The Kier molecular flexibility index (Phi) is 2.52. The maximum absolute atomic E-state index is 11.3. The van der Waals surface area contributed by atoms with E-state index >= 15 is 0 Å². The molecule has 15 heavy (non-hydrogen) atoms. The summed E-state index contributed by atoms with van der Waals surface area (Å²) in [5, 5.41) is 12.4. The predicted molar refractivity (Wildman–Crippen MR) is 56.5 cm³/mol. The summed E-state index contributed by atoms with van der Waals surface area (Å²) in [4.78, 5) is 14.4. The van der Waals surface area contributed by atoms with E-state index in [1.165, 1.54) is 0 Å². The topological polar surface area (TPSA) is 65.1 Å². The van der Waals surface area contributed by atoms with E-state index in [0.29, 0.717) is 0 Å². The van der Waals surface area contributed by atoms with Gasteiger partial charge in [-0.1, -0.05) is 6.42 Å². The number of carboxylic acids is 1. The molecule has 1 aliphatic rings. The molecular formula is C11H16N2O2. The molecule has 4 nitrogen and oxygen atoms in total. The van der Waals surface area contributed by atoms with E-state index < -0.39 is 11.4 Å². The zero-order valence-corrected chi connectivity index (χ0v) is 8.79. The smallest absolute Gasteiger partial charge is 0.311 e. The number of rotatable bonds is 4. The van der Waals surface area contributed by atoms with Gasteiger partial charge in [0, 0.05) is 11.9 Å². The molecule has 0 spiro atoms. The van der Waals surface area contributed by atoms with E-state index in [1.807, 2.05) is 25.4 Å². The second-order valence-corrected chi connectivity index (χ2v) is 4.16. The van der Waals surface area contributed by atoms with Crippen LogP contribution in [0.4, 0.5) is 0 Å². The first kappa shape index (κ1) is 10.2. The van der Waals surface area contributed by atoms with Crippen molar-refractivity contribution in [2.45, 2.75) is 25.3 Å². The molecule has 1 unspecified atom stereocenters. The molecule has 0 bridgehead atoms. The van der Waals surface area contributed by atoms with Crippen molar-refractivity contribution in [3.05, 3.63) is 24.0 Å². The fourth-order valence-electron chi connectivity index (χ4n) is 2.44. The number of aromatic amines is 1. The van der Waals surface area contributed by atoms with Crippen molar-refractivity contribution in [2.75, 3.05) is 7.05 Å². The van der Waals surface area contributed by atoms with Gasteiger partial charge in [-0.3, -0.25) is 4.79 Å². The number of carboxylic acid groups (broad SMARTS) is 1. The van der Waals surface area contributed by atoms with Crippen LogP contribution in [0.25, 0.3) is 0 Å². The van der Waals surface area contributed by atoms with Gasteiger partial charge in [0.25, 0.3) is 0 Å². The van der Waals surface area contributed by atoms with Gasteiger partial charge in [0.05, 0.1) is 11.5 Å². The average molecular weight is 208 g/mol. The van der Waals surface area contributed by atoms with Crippen molar-refractivity contribution < 1.29 is 9.90 Å². The Morgan fingerprint density at radius 3 is 2.73 bits per heavy atom. The summed E-state index contributed by atoms with van der Waals surface area (Å²) in [6, 6.07) is 3.72. The van der Waals surface area contributed by atoms with Gasteiger partial charge in [0.15, 0.2) is 0 Å². The summed E-state index contributed by atoms with van der Waals surface area (Å²) in [6.07, 6.45) is 4.35. The lowest BCUT2D eigenvalue weighted by molar-refractivity contribution is -0.157. The molecule has 2 rings (SSSR count). The third kappa shape index (κ3) is 1.45. The third-order valence-electron chi connectivity index (χ3n) is 3.45. The highest BCUT2D eigenvalue weighted by Crippen LogP contribution is 2.49. The maximum Gasteiger partial charge on any atom is 0.311 e. The van der Waals surface area contributed by atoms with Crippen molar-refractivity contribution in [1.29, 1.82) is 0 Å². The second kappa shape index (κ2) is 3.70. The number of nitrogens with one attached hydrogen (secondary N) is 2. The molecular weight excluding hydrogens is 192 g/mol. The minimum absolute atomic E-state index is 0.112. The Morgan fingerprint density at radius 1 is 1.67 bits per heavy atom. The summed E-state index contributed by atoms with van der Waals surface area (Å²) < 4.78 is 0. The van der Waals surface area contributed by atoms with Crippen LogP contribution in [0, 0.1) is 5.41 Å². The molecule has 0 aliphatic heterocycles. The molecule has 1 aromatic rings. The van der Waals surface area contributed by atoms with Crippen LogP contribution in [0.3, 0.4) is 0 Å². The first-order valence-electron chi connectivity index (χ1n) is 5.24. The lowest BCUT2D eigenvalue weighted by atomic mass is 9.63. The number of H-pyrrole nitrogens is 1. The van der Waals surface area contributed by atoms with Crippen molar-refractivity contribution >= 4 is 5.97 Å². The Labute approximate surface area is 88.7 Å². The fraction of sp³-hybridized carbons (Fsp3) is 0.545. The van der Waals surface area contributed by atoms with Crippen LogP contribution in [-0.4, -0.2) is 23.1 Å². The molecule has 0 saturated heterocycles. The van der Waals surface area contributed by atoms with Crippen LogP contribution in [0.1, 0.15) is 31.0 Å². The Morgan fingerprint density at radius 2 is 2.40 bits per heavy atom. The Hall–Kier alpha value is -1.29. The standard InChI is InChI=1S/C11H16N2O2/c1-12-9(8-4-2-7-13-8)11(10(14)15)5-3-6-11/h2,4,7,9,12-13H,3,5-6H2,1H3,(H,14,15). The molecule has 1 aliphatic carbocycles. The lowest BCUT2D eigenvalue weighted by Crippen LogP contribution is -2.48. The molecule has 1 atom stereocenters. The lowest BCUT2D eigenvalue weighted by Gasteiger charge is -2.43. The summed E-state index contributed by atoms with van der Waals surface area (Å²) >= 11 is 0. The molecule has 0 radical (unpaired) electrons. The zero-order chi connectivity index (χ0) is 10.9. The van der Waals surface area contributed by atoms with E-state index in [0.717, 1.165) is 25.0 Å². The van der Waals surface area contributed by atoms with Gasteiger partial charge in [-0.05, 0) is 32.0 Å². The summed E-state index contributed by atoms with van der Waals surface area (Å²) in [7, 11) is 1.81. The van der Waals surface area contributed by atoms with Crippen LogP contribution < -0.4 is 5.32 Å². The highest BCUT2D eigenvalue weighted by Gasteiger charge is 2.51. The van der Waals surface area contributed by atoms with Gasteiger partial charge < -0.3 is 15.4 Å². The molecule has 0 amide bonds. The number of aromatic nitrogens is 1. The van der Waals surface area contributed by atoms with Crippen molar-refractivity contribution in [3.8, 4) is 0 Å². The monoisotopic (exact) mass is 208 g/mol. The van der Waals surface area contributed by atoms with Crippen LogP contribution >= 0.6 is 0 Å². The maximum atomic E-state index is 11.3. The van der Waals surface area contributed by atoms with E-state index in [9.17, 15) is 9.90 Å². The number of hydrogen-bond donors (Lipinski definition) is 3. The fourth-order valence-corrected chi connectivity index (χ4v) is 2.44. The SMILES string of the molecule is CNC(c1ccc[nH]1)C1(C(=O)O)CCC1. The number of aliphatic carboxylic acids is 1. The van der Waals surface area contributed by atoms with Gasteiger partial charge in [0.2, 0.25) is 0 Å². The first-order valence-corrected chi connectivity index (χ1v) is 5.24. The van der Waals surface area contributed by atoms with E-state index in [2.05, 4.69) is 10.3 Å². The minimum atomic E-state index is -0.692. The van der Waals surface area contributed by atoms with Crippen LogP contribution in [0.5, 0.6) is 0 Å². The molecule has 3 N–H and O–H groups in total. The normalized spacial score (nSPS) is 20.6. The van der Waals surface area contributed by atoms with Crippen LogP contribution in [0.15, 0.2) is 18.3 Å². The molecule has 1 heterocycles. The quantitative estimate of drug-likeness (QED) is 0.703. The Balaban J connectivity index is 2.29. The van der Waals surface area contributed by atoms with Crippen molar-refractivity contribution in [3.63, 3.8) is 0 Å². The minimum Gasteiger partial charge on any atom is -0.481 e. The first-order chi connectivity index (χ1) is 7.20. The Bertz CT molecular complexity index is 341. The molecule has 4 heteroatoms.